The van der Waals surface area contributed by atoms with Crippen molar-refractivity contribution in [1.82, 2.24) is 0 Å². The van der Waals surface area contributed by atoms with Crippen LogP contribution in [-0.2, 0) is 6.42 Å². The van der Waals surface area contributed by atoms with Crippen LogP contribution in [0.4, 0.5) is 0 Å². The number of nitrogens with zero attached hydrogens (tertiary/aromatic N) is 1. The van der Waals surface area contributed by atoms with Crippen LogP contribution < -0.4 is 5.73 Å². The van der Waals surface area contributed by atoms with Gasteiger partial charge in [-0.1, -0.05) is 19.9 Å². The van der Waals surface area contributed by atoms with E-state index in [-0.39, 0.29) is 0 Å². The Bertz CT molecular complexity index is 262. The lowest BCUT2D eigenvalue weighted by atomic mass is 10.2. The molecule has 0 unspecified atom stereocenters. The maximum absolute atomic E-state index is 5.77. The molecule has 0 aliphatic heterocycles. The van der Waals surface area contributed by atoms with Crippen molar-refractivity contribution >= 4 is 17.2 Å². The van der Waals surface area contributed by atoms with Crippen LogP contribution in [0.2, 0.25) is 0 Å². The number of amidine groups is 1. The van der Waals surface area contributed by atoms with E-state index in [0.29, 0.717) is 5.92 Å². The number of rotatable bonds is 4. The van der Waals surface area contributed by atoms with Crippen LogP contribution in [0.25, 0.3) is 0 Å². The van der Waals surface area contributed by atoms with E-state index in [1.54, 1.807) is 11.3 Å². The second-order valence-electron chi connectivity index (χ2n) is 3.48. The fourth-order valence-corrected chi connectivity index (χ4v) is 1.67. The summed E-state index contributed by atoms with van der Waals surface area (Å²) in [6.07, 6.45) is 0.796. The molecule has 0 atom stereocenters. The quantitative estimate of drug-likeness (QED) is 0.582. The molecule has 0 saturated heterocycles. The molecule has 1 heterocycles. The Hall–Kier alpha value is -0.830. The first-order valence-corrected chi connectivity index (χ1v) is 5.37. The van der Waals surface area contributed by atoms with E-state index in [9.17, 15) is 0 Å². The molecule has 0 radical (unpaired) electrons. The van der Waals surface area contributed by atoms with Gasteiger partial charge in [-0.05, 0) is 17.4 Å². The largest absolute Gasteiger partial charge is 0.387 e. The Labute approximate surface area is 83.5 Å². The summed E-state index contributed by atoms with van der Waals surface area (Å²) in [7, 11) is 0. The van der Waals surface area contributed by atoms with Crippen LogP contribution >= 0.6 is 11.3 Å². The highest BCUT2D eigenvalue weighted by Gasteiger charge is 1.97. The van der Waals surface area contributed by atoms with Gasteiger partial charge in [0.2, 0.25) is 0 Å². The molecule has 2 N–H and O–H groups in total. The summed E-state index contributed by atoms with van der Waals surface area (Å²) >= 11 is 1.72. The van der Waals surface area contributed by atoms with E-state index in [1.165, 1.54) is 4.88 Å². The first-order valence-electron chi connectivity index (χ1n) is 4.49. The lowest BCUT2D eigenvalue weighted by molar-refractivity contribution is 0.664. The number of hydrogen-bond donors (Lipinski definition) is 1. The molecule has 0 spiro atoms. The van der Waals surface area contributed by atoms with Gasteiger partial charge in [0.05, 0.1) is 5.84 Å². The molecule has 3 heteroatoms. The van der Waals surface area contributed by atoms with Crippen molar-refractivity contribution < 1.29 is 0 Å². The molecule has 1 aromatic heterocycles. The van der Waals surface area contributed by atoms with Crippen LogP contribution in [-0.4, -0.2) is 12.4 Å². The normalized spacial score (nSPS) is 12.4. The summed E-state index contributed by atoms with van der Waals surface area (Å²) in [5.74, 6) is 1.33. The van der Waals surface area contributed by atoms with Crippen molar-refractivity contribution in [3.05, 3.63) is 22.4 Å². The van der Waals surface area contributed by atoms with Crippen LogP contribution in [0.5, 0.6) is 0 Å². The first-order chi connectivity index (χ1) is 6.18. The van der Waals surface area contributed by atoms with Crippen LogP contribution in [0.15, 0.2) is 22.5 Å². The zero-order valence-electron chi connectivity index (χ0n) is 8.16. The maximum Gasteiger partial charge on any atom is 0.0989 e. The fourth-order valence-electron chi connectivity index (χ4n) is 0.947. The van der Waals surface area contributed by atoms with Gasteiger partial charge in [0.25, 0.3) is 0 Å². The molecule has 13 heavy (non-hydrogen) atoms. The second kappa shape index (κ2) is 5.02. The van der Waals surface area contributed by atoms with E-state index in [0.717, 1.165) is 18.8 Å². The van der Waals surface area contributed by atoms with Gasteiger partial charge in [-0.15, -0.1) is 11.3 Å². The Kier molecular flexibility index (Phi) is 3.96. The monoisotopic (exact) mass is 196 g/mol. The van der Waals surface area contributed by atoms with Crippen molar-refractivity contribution in [2.75, 3.05) is 6.54 Å². The van der Waals surface area contributed by atoms with E-state index < -0.39 is 0 Å². The molecule has 0 amide bonds. The lowest BCUT2D eigenvalue weighted by Crippen LogP contribution is -2.15. The molecule has 0 aliphatic carbocycles. The van der Waals surface area contributed by atoms with Crippen molar-refractivity contribution in [2.45, 2.75) is 20.3 Å². The first kappa shape index (κ1) is 10.3. The highest BCUT2D eigenvalue weighted by Crippen LogP contribution is 2.08. The van der Waals surface area contributed by atoms with Crippen LogP contribution in [0.3, 0.4) is 0 Å². The summed E-state index contributed by atoms with van der Waals surface area (Å²) in [5.41, 5.74) is 5.77. The van der Waals surface area contributed by atoms with Crippen LogP contribution in [0, 0.1) is 5.92 Å². The third-order valence-corrected chi connectivity index (χ3v) is 2.47. The highest BCUT2D eigenvalue weighted by atomic mass is 32.1. The van der Waals surface area contributed by atoms with Gasteiger partial charge in [-0.3, -0.25) is 4.99 Å². The van der Waals surface area contributed by atoms with Gasteiger partial charge in [0, 0.05) is 17.8 Å². The summed E-state index contributed by atoms with van der Waals surface area (Å²) in [5, 5.41) is 2.06. The number of thiophene rings is 1. The lowest BCUT2D eigenvalue weighted by Gasteiger charge is -2.01. The summed E-state index contributed by atoms with van der Waals surface area (Å²) in [6, 6.07) is 4.12. The molecule has 0 aliphatic rings. The Balaban J connectivity index is 2.41. The summed E-state index contributed by atoms with van der Waals surface area (Å²) in [4.78, 5) is 5.58. The topological polar surface area (TPSA) is 38.4 Å². The smallest absolute Gasteiger partial charge is 0.0989 e. The van der Waals surface area contributed by atoms with Crippen molar-refractivity contribution in [3.8, 4) is 0 Å². The van der Waals surface area contributed by atoms with Crippen molar-refractivity contribution in [2.24, 2.45) is 16.6 Å². The molecule has 0 fully saturated rings. The highest BCUT2D eigenvalue weighted by molar-refractivity contribution is 7.10. The fraction of sp³-hybridized carbons (Fsp3) is 0.500. The van der Waals surface area contributed by atoms with E-state index in [2.05, 4.69) is 30.3 Å². The average Bonchev–Trinajstić information content (AvgIpc) is 2.53. The Morgan fingerprint density at radius 2 is 2.38 bits per heavy atom. The molecule has 1 aromatic rings. The minimum atomic E-state index is 0.585. The maximum atomic E-state index is 5.77. The molecular formula is C10H16N2S. The molecule has 1 rings (SSSR count). The van der Waals surface area contributed by atoms with Crippen molar-refractivity contribution in [3.63, 3.8) is 0 Å². The standard InChI is InChI=1S/C10H16N2S/c1-8(2)7-12-10(11)6-9-4-3-5-13-9/h3-5,8H,6-7H2,1-2H3,(H2,11,12). The van der Waals surface area contributed by atoms with Crippen LogP contribution in [0.1, 0.15) is 18.7 Å². The minimum absolute atomic E-state index is 0.585. The third kappa shape index (κ3) is 4.08. The Morgan fingerprint density at radius 1 is 1.62 bits per heavy atom. The Morgan fingerprint density at radius 3 is 2.92 bits per heavy atom. The minimum Gasteiger partial charge on any atom is -0.387 e. The molecule has 0 bridgehead atoms. The average molecular weight is 196 g/mol. The zero-order chi connectivity index (χ0) is 9.68. The van der Waals surface area contributed by atoms with Gasteiger partial charge < -0.3 is 5.73 Å². The van der Waals surface area contributed by atoms with Gasteiger partial charge >= 0.3 is 0 Å². The molecule has 72 valence electrons. The number of hydrogen-bond acceptors (Lipinski definition) is 2. The predicted octanol–water partition coefficient (Wildman–Crippen LogP) is 2.30. The summed E-state index contributed by atoms with van der Waals surface area (Å²) in [6.45, 7) is 5.11. The SMILES string of the molecule is CC(C)CN=C(N)Cc1cccs1. The van der Waals surface area contributed by atoms with E-state index >= 15 is 0 Å². The van der Waals surface area contributed by atoms with Gasteiger partial charge in [-0.2, -0.15) is 0 Å². The van der Waals surface area contributed by atoms with E-state index in [1.807, 2.05) is 6.07 Å². The van der Waals surface area contributed by atoms with E-state index in [4.69, 9.17) is 5.73 Å². The molecular weight excluding hydrogens is 180 g/mol. The third-order valence-electron chi connectivity index (χ3n) is 1.59. The molecule has 0 aromatic carbocycles. The summed E-state index contributed by atoms with van der Waals surface area (Å²) < 4.78 is 0. The zero-order valence-corrected chi connectivity index (χ0v) is 8.97. The number of nitrogens with two attached hydrogens (primary N) is 1. The van der Waals surface area contributed by atoms with Gasteiger partial charge in [-0.25, -0.2) is 0 Å². The van der Waals surface area contributed by atoms with Gasteiger partial charge in [0.15, 0.2) is 0 Å². The number of aliphatic imine (C=N–C) groups is 1. The van der Waals surface area contributed by atoms with Gasteiger partial charge in [0.1, 0.15) is 0 Å². The molecule has 0 saturated carbocycles. The van der Waals surface area contributed by atoms with Crippen molar-refractivity contribution in [1.29, 1.82) is 0 Å². The molecule has 2 nitrogen and oxygen atoms in total. The predicted molar refractivity (Wildman–Crippen MR) is 59.4 cm³/mol. The second-order valence-corrected chi connectivity index (χ2v) is 4.51.